The average molecular weight is 274 g/mol. The Hall–Kier alpha value is -3.08. The Balaban J connectivity index is 2.00. The lowest BCUT2D eigenvalue weighted by Crippen LogP contribution is -1.95. The Kier molecular flexibility index (Phi) is 2.50. The van der Waals surface area contributed by atoms with Gasteiger partial charge in [0.2, 0.25) is 0 Å². The van der Waals surface area contributed by atoms with Crippen molar-refractivity contribution in [2.45, 2.75) is 0 Å². The largest absolute Gasteiger partial charge is 0.300 e. The highest BCUT2D eigenvalue weighted by atomic mass is 16.3. The number of benzene rings is 1. The second-order valence-corrected chi connectivity index (χ2v) is 4.75. The molecule has 0 saturated carbocycles. The smallest absolute Gasteiger partial charge is 0.137 e. The maximum atomic E-state index is 10.9. The van der Waals surface area contributed by atoms with Crippen molar-refractivity contribution in [3.05, 3.63) is 66.1 Å². The van der Waals surface area contributed by atoms with Crippen molar-refractivity contribution >= 4 is 27.4 Å². The fraction of sp³-hybridized carbons (Fsp3) is 0. The van der Waals surface area contributed by atoms with E-state index in [2.05, 4.69) is 15.1 Å². The normalized spacial score (nSPS) is 11.0. The molecule has 21 heavy (non-hydrogen) atoms. The molecule has 0 spiro atoms. The number of rotatable bonds is 2. The van der Waals surface area contributed by atoms with E-state index in [1.54, 1.807) is 30.7 Å². The summed E-state index contributed by atoms with van der Waals surface area (Å²) in [4.78, 5) is 19.6. The van der Waals surface area contributed by atoms with E-state index in [0.29, 0.717) is 5.69 Å². The molecule has 4 rings (SSSR count). The van der Waals surface area contributed by atoms with Crippen molar-refractivity contribution in [2.24, 2.45) is 5.18 Å². The maximum Gasteiger partial charge on any atom is 0.137 e. The molecule has 0 bridgehead atoms. The van der Waals surface area contributed by atoms with Gasteiger partial charge in [0.25, 0.3) is 0 Å². The van der Waals surface area contributed by atoms with E-state index in [1.807, 2.05) is 35.0 Å². The molecule has 0 fully saturated rings. The molecule has 0 N–H and O–H groups in total. The predicted molar refractivity (Wildman–Crippen MR) is 81.8 cm³/mol. The fourth-order valence-electron chi connectivity index (χ4n) is 2.53. The molecule has 0 aliphatic heterocycles. The summed E-state index contributed by atoms with van der Waals surface area (Å²) in [5, 5.41) is 5.86. The monoisotopic (exact) mass is 274 g/mol. The zero-order valence-electron chi connectivity index (χ0n) is 11.0. The third-order valence-corrected chi connectivity index (χ3v) is 3.57. The molecular weight excluding hydrogens is 264 g/mol. The molecule has 0 radical (unpaired) electrons. The zero-order valence-corrected chi connectivity index (χ0v) is 11.0. The molecule has 0 aliphatic rings. The van der Waals surface area contributed by atoms with Crippen molar-refractivity contribution in [2.75, 3.05) is 0 Å². The molecule has 1 aromatic carbocycles. The Morgan fingerprint density at radius 1 is 1.05 bits per heavy atom. The first-order chi connectivity index (χ1) is 10.4. The van der Waals surface area contributed by atoms with Gasteiger partial charge in [-0.1, -0.05) is 12.1 Å². The predicted octanol–water partition coefficient (Wildman–Crippen LogP) is 3.97. The molecule has 5 nitrogen and oxygen atoms in total. The quantitative estimate of drug-likeness (QED) is 0.519. The van der Waals surface area contributed by atoms with E-state index >= 15 is 0 Å². The number of hydrogen-bond donors (Lipinski definition) is 0. The minimum absolute atomic E-state index is 0.422. The molecular formula is C16H10N4O. The third-order valence-electron chi connectivity index (χ3n) is 3.57. The Morgan fingerprint density at radius 2 is 2.00 bits per heavy atom. The standard InChI is InChI=1S/C16H10N4O/c21-19-14-3-1-2-12-9-18-16(8-13(12)14)20-7-5-11-4-6-17-10-15(11)20/h1-10H. The second kappa shape index (κ2) is 4.49. The molecule has 3 aromatic heterocycles. The van der Waals surface area contributed by atoms with Crippen LogP contribution in [-0.2, 0) is 0 Å². The van der Waals surface area contributed by atoms with Gasteiger partial charge in [-0.25, -0.2) is 4.98 Å². The van der Waals surface area contributed by atoms with E-state index in [0.717, 1.165) is 27.5 Å². The van der Waals surface area contributed by atoms with E-state index < -0.39 is 0 Å². The fourth-order valence-corrected chi connectivity index (χ4v) is 2.53. The third kappa shape index (κ3) is 1.79. The van der Waals surface area contributed by atoms with E-state index in [1.165, 1.54) is 0 Å². The average Bonchev–Trinajstić information content (AvgIpc) is 2.98. The molecule has 0 atom stereocenters. The van der Waals surface area contributed by atoms with Crippen LogP contribution in [-0.4, -0.2) is 14.5 Å². The van der Waals surface area contributed by atoms with Crippen LogP contribution in [0.4, 0.5) is 5.69 Å². The van der Waals surface area contributed by atoms with Gasteiger partial charge in [0.15, 0.2) is 0 Å². The SMILES string of the molecule is O=Nc1cccc2cnc(-n3ccc4ccncc43)cc12. The lowest BCUT2D eigenvalue weighted by molar-refractivity contribution is 1.05. The van der Waals surface area contributed by atoms with Gasteiger partial charge in [0.1, 0.15) is 11.5 Å². The summed E-state index contributed by atoms with van der Waals surface area (Å²) < 4.78 is 1.95. The van der Waals surface area contributed by atoms with E-state index in [-0.39, 0.29) is 0 Å². The molecule has 3 heterocycles. The summed E-state index contributed by atoms with van der Waals surface area (Å²) in [5.41, 5.74) is 1.40. The van der Waals surface area contributed by atoms with Gasteiger partial charge in [-0.15, -0.1) is 4.91 Å². The first-order valence-electron chi connectivity index (χ1n) is 6.50. The lowest BCUT2D eigenvalue weighted by atomic mass is 10.1. The summed E-state index contributed by atoms with van der Waals surface area (Å²) >= 11 is 0. The summed E-state index contributed by atoms with van der Waals surface area (Å²) in [7, 11) is 0. The molecule has 0 aliphatic carbocycles. The number of pyridine rings is 2. The van der Waals surface area contributed by atoms with Crippen LogP contribution < -0.4 is 0 Å². The minimum atomic E-state index is 0.422. The van der Waals surface area contributed by atoms with Gasteiger partial charge in [-0.05, 0) is 29.4 Å². The minimum Gasteiger partial charge on any atom is -0.300 e. The summed E-state index contributed by atoms with van der Waals surface area (Å²) in [6, 6.07) is 11.2. The molecule has 100 valence electrons. The van der Waals surface area contributed by atoms with Crippen LogP contribution >= 0.6 is 0 Å². The van der Waals surface area contributed by atoms with Crippen molar-refractivity contribution < 1.29 is 0 Å². The van der Waals surface area contributed by atoms with Gasteiger partial charge in [0.05, 0.1) is 11.7 Å². The highest BCUT2D eigenvalue weighted by Crippen LogP contribution is 2.27. The number of fused-ring (bicyclic) bond motifs is 2. The van der Waals surface area contributed by atoms with Gasteiger partial charge < -0.3 is 0 Å². The summed E-state index contributed by atoms with van der Waals surface area (Å²) in [6.45, 7) is 0. The number of nitrogens with zero attached hydrogens (tertiary/aromatic N) is 4. The molecule has 4 aromatic rings. The van der Waals surface area contributed by atoms with E-state index in [9.17, 15) is 4.91 Å². The maximum absolute atomic E-state index is 10.9. The number of nitroso groups, excluding NO2 is 1. The van der Waals surface area contributed by atoms with Crippen LogP contribution in [0.1, 0.15) is 0 Å². The van der Waals surface area contributed by atoms with Crippen molar-refractivity contribution in [1.29, 1.82) is 0 Å². The zero-order chi connectivity index (χ0) is 14.2. The van der Waals surface area contributed by atoms with Crippen LogP contribution in [0, 0.1) is 4.91 Å². The number of aromatic nitrogens is 3. The Bertz CT molecular complexity index is 974. The topological polar surface area (TPSA) is 60.1 Å². The van der Waals surface area contributed by atoms with Crippen LogP contribution in [0.25, 0.3) is 27.5 Å². The van der Waals surface area contributed by atoms with Gasteiger partial charge >= 0.3 is 0 Å². The van der Waals surface area contributed by atoms with Crippen LogP contribution in [0.2, 0.25) is 0 Å². The Morgan fingerprint density at radius 3 is 2.90 bits per heavy atom. The van der Waals surface area contributed by atoms with Crippen molar-refractivity contribution in [3.8, 4) is 5.82 Å². The van der Waals surface area contributed by atoms with Crippen molar-refractivity contribution in [1.82, 2.24) is 14.5 Å². The highest BCUT2D eigenvalue weighted by molar-refractivity contribution is 5.93. The molecule has 5 heteroatoms. The summed E-state index contributed by atoms with van der Waals surface area (Å²) in [5.74, 6) is 0.738. The van der Waals surface area contributed by atoms with Crippen molar-refractivity contribution in [3.63, 3.8) is 0 Å². The van der Waals surface area contributed by atoms with Crippen LogP contribution in [0.3, 0.4) is 0 Å². The molecule has 0 unspecified atom stereocenters. The van der Waals surface area contributed by atoms with E-state index in [4.69, 9.17) is 0 Å². The first kappa shape index (κ1) is 11.7. The number of hydrogen-bond acceptors (Lipinski definition) is 4. The molecule has 0 saturated heterocycles. The second-order valence-electron chi connectivity index (χ2n) is 4.75. The first-order valence-corrected chi connectivity index (χ1v) is 6.50. The summed E-state index contributed by atoms with van der Waals surface area (Å²) in [6.07, 6.45) is 7.25. The van der Waals surface area contributed by atoms with Gasteiger partial charge in [-0.2, -0.15) is 0 Å². The van der Waals surface area contributed by atoms with Crippen LogP contribution in [0.15, 0.2) is 66.4 Å². The Labute approximate surface area is 119 Å². The lowest BCUT2D eigenvalue weighted by Gasteiger charge is -2.06. The van der Waals surface area contributed by atoms with Crippen LogP contribution in [0.5, 0.6) is 0 Å². The van der Waals surface area contributed by atoms with Gasteiger partial charge in [0, 0.05) is 34.7 Å². The molecule has 0 amide bonds. The highest BCUT2D eigenvalue weighted by Gasteiger charge is 2.07. The van der Waals surface area contributed by atoms with Gasteiger partial charge in [-0.3, -0.25) is 9.55 Å².